The molecule has 0 radical (unpaired) electrons. The highest BCUT2D eigenvalue weighted by molar-refractivity contribution is 7.92. The van der Waals surface area contributed by atoms with Crippen molar-refractivity contribution in [3.63, 3.8) is 0 Å². The highest BCUT2D eigenvalue weighted by Gasteiger charge is 2.26. The molecular formula is C19H13FN2O3S. The molecule has 3 aromatic rings. The monoisotopic (exact) mass is 368 g/mol. The fourth-order valence-electron chi connectivity index (χ4n) is 3.06. The van der Waals surface area contributed by atoms with Crippen LogP contribution in [0.5, 0.6) is 0 Å². The van der Waals surface area contributed by atoms with Gasteiger partial charge >= 0.3 is 0 Å². The molecule has 26 heavy (non-hydrogen) atoms. The Morgan fingerprint density at radius 1 is 0.846 bits per heavy atom. The molecule has 0 bridgehead atoms. The predicted octanol–water partition coefficient (Wildman–Crippen LogP) is 3.83. The van der Waals surface area contributed by atoms with E-state index in [2.05, 4.69) is 9.88 Å². The summed E-state index contributed by atoms with van der Waals surface area (Å²) in [5, 5.41) is 12.8. The van der Waals surface area contributed by atoms with Crippen LogP contribution in [0.4, 0.5) is 10.1 Å². The van der Waals surface area contributed by atoms with Gasteiger partial charge in [-0.3, -0.25) is 4.72 Å². The maximum absolute atomic E-state index is 13.3. The van der Waals surface area contributed by atoms with E-state index in [0.29, 0.717) is 17.0 Å². The number of hydrogen-bond donors (Lipinski definition) is 2. The van der Waals surface area contributed by atoms with Crippen molar-refractivity contribution in [3.8, 4) is 11.1 Å². The second-order valence-corrected chi connectivity index (χ2v) is 7.50. The predicted molar refractivity (Wildman–Crippen MR) is 96.5 cm³/mol. The molecule has 5 nitrogen and oxygen atoms in total. The fraction of sp³-hybridized carbons (Fsp3) is 0. The zero-order valence-electron chi connectivity index (χ0n) is 13.3. The van der Waals surface area contributed by atoms with Gasteiger partial charge in [-0.05, 0) is 41.5 Å². The number of nitrogens with zero attached hydrogens (tertiary/aromatic N) is 1. The Balaban J connectivity index is 1.75. The third kappa shape index (κ3) is 2.62. The molecule has 3 aromatic carbocycles. The molecule has 0 spiro atoms. The van der Waals surface area contributed by atoms with Gasteiger partial charge in [0, 0.05) is 16.8 Å². The number of halogens is 1. The first-order valence-corrected chi connectivity index (χ1v) is 9.22. The van der Waals surface area contributed by atoms with E-state index >= 15 is 0 Å². The van der Waals surface area contributed by atoms with E-state index in [9.17, 15) is 18.0 Å². The molecular weight excluding hydrogens is 355 g/mol. The number of benzene rings is 3. The minimum atomic E-state index is -3.94. The molecule has 0 aromatic heterocycles. The lowest BCUT2D eigenvalue weighted by Gasteiger charge is -2.10. The Bertz CT molecular complexity index is 1160. The zero-order chi connectivity index (χ0) is 18.3. The summed E-state index contributed by atoms with van der Waals surface area (Å²) in [4.78, 5) is -0.169. The van der Waals surface area contributed by atoms with Gasteiger partial charge in [-0.2, -0.15) is 0 Å². The first-order chi connectivity index (χ1) is 12.5. The van der Waals surface area contributed by atoms with Gasteiger partial charge in [0.15, 0.2) is 0 Å². The molecule has 0 aliphatic heterocycles. The molecule has 4 rings (SSSR count). The lowest BCUT2D eigenvalue weighted by Crippen LogP contribution is -2.13. The fourth-order valence-corrected chi connectivity index (χ4v) is 4.14. The Kier molecular flexibility index (Phi) is 3.73. The summed E-state index contributed by atoms with van der Waals surface area (Å²) in [6.07, 6.45) is 0. The van der Waals surface area contributed by atoms with E-state index in [1.54, 1.807) is 18.2 Å². The zero-order valence-corrected chi connectivity index (χ0v) is 14.2. The van der Waals surface area contributed by atoms with Crippen molar-refractivity contribution in [2.45, 2.75) is 4.90 Å². The number of anilines is 1. The Labute approximate surface area is 149 Å². The highest BCUT2D eigenvalue weighted by Crippen LogP contribution is 2.38. The highest BCUT2D eigenvalue weighted by atomic mass is 32.2. The van der Waals surface area contributed by atoms with Crippen molar-refractivity contribution in [3.05, 3.63) is 83.7 Å². The average Bonchev–Trinajstić information content (AvgIpc) is 2.94. The lowest BCUT2D eigenvalue weighted by molar-refractivity contribution is 0.320. The van der Waals surface area contributed by atoms with Crippen molar-refractivity contribution in [2.24, 2.45) is 5.16 Å². The van der Waals surface area contributed by atoms with E-state index in [1.165, 1.54) is 18.2 Å². The van der Waals surface area contributed by atoms with E-state index < -0.39 is 15.8 Å². The summed E-state index contributed by atoms with van der Waals surface area (Å²) in [6.45, 7) is 0. The quantitative estimate of drug-likeness (QED) is 0.426. The van der Waals surface area contributed by atoms with Crippen molar-refractivity contribution in [1.29, 1.82) is 0 Å². The number of rotatable bonds is 3. The summed E-state index contributed by atoms with van der Waals surface area (Å²) in [7, 11) is -3.94. The SMILES string of the molecule is O=S(=O)(Nc1ccc2c(c1)C(=NO)c1ccccc1-2)c1cccc(F)c1. The molecule has 1 aliphatic carbocycles. The van der Waals surface area contributed by atoms with Crippen LogP contribution in [-0.4, -0.2) is 19.3 Å². The van der Waals surface area contributed by atoms with Gasteiger partial charge in [-0.15, -0.1) is 0 Å². The van der Waals surface area contributed by atoms with E-state index in [1.807, 2.05) is 24.3 Å². The van der Waals surface area contributed by atoms with E-state index in [0.717, 1.165) is 22.8 Å². The van der Waals surface area contributed by atoms with Gasteiger partial charge in [-0.25, -0.2) is 12.8 Å². The third-order valence-corrected chi connectivity index (χ3v) is 5.58. The topological polar surface area (TPSA) is 78.8 Å². The molecule has 7 heteroatoms. The van der Waals surface area contributed by atoms with E-state index in [-0.39, 0.29) is 4.90 Å². The average molecular weight is 368 g/mol. The van der Waals surface area contributed by atoms with Crippen molar-refractivity contribution in [2.75, 3.05) is 4.72 Å². The number of nitrogens with one attached hydrogen (secondary N) is 1. The molecule has 0 saturated carbocycles. The van der Waals surface area contributed by atoms with Gasteiger partial charge in [0.05, 0.1) is 4.90 Å². The van der Waals surface area contributed by atoms with Crippen LogP contribution < -0.4 is 4.72 Å². The summed E-state index contributed by atoms with van der Waals surface area (Å²) >= 11 is 0. The van der Waals surface area contributed by atoms with Gasteiger partial charge < -0.3 is 5.21 Å². The van der Waals surface area contributed by atoms with Crippen LogP contribution >= 0.6 is 0 Å². The summed E-state index contributed by atoms with van der Waals surface area (Å²) in [5.74, 6) is -0.632. The molecule has 0 amide bonds. The number of oxime groups is 1. The number of hydrogen-bond acceptors (Lipinski definition) is 4. The number of sulfonamides is 1. The Morgan fingerprint density at radius 2 is 1.58 bits per heavy atom. The van der Waals surface area contributed by atoms with Gasteiger partial charge in [0.1, 0.15) is 11.5 Å². The van der Waals surface area contributed by atoms with E-state index in [4.69, 9.17) is 0 Å². The van der Waals surface area contributed by atoms with Gasteiger partial charge in [0.25, 0.3) is 10.0 Å². The molecule has 0 heterocycles. The molecule has 1 aliphatic rings. The summed E-state index contributed by atoms with van der Waals surface area (Å²) < 4.78 is 40.7. The Hall–Kier alpha value is -3.19. The number of fused-ring (bicyclic) bond motifs is 3. The molecule has 0 fully saturated rings. The molecule has 2 N–H and O–H groups in total. The van der Waals surface area contributed by atoms with Crippen molar-refractivity contribution in [1.82, 2.24) is 0 Å². The van der Waals surface area contributed by atoms with Crippen LogP contribution in [0.1, 0.15) is 11.1 Å². The molecule has 130 valence electrons. The maximum atomic E-state index is 13.3. The van der Waals surface area contributed by atoms with Crippen LogP contribution in [0.15, 0.2) is 76.8 Å². The van der Waals surface area contributed by atoms with Crippen LogP contribution in [0.25, 0.3) is 11.1 Å². The summed E-state index contributed by atoms with van der Waals surface area (Å²) in [5.41, 5.74) is 3.82. The van der Waals surface area contributed by atoms with Crippen molar-refractivity contribution >= 4 is 21.4 Å². The van der Waals surface area contributed by atoms with Crippen LogP contribution in [0, 0.1) is 5.82 Å². The normalized spacial score (nSPS) is 14.1. The minimum absolute atomic E-state index is 0.169. The van der Waals surface area contributed by atoms with Crippen LogP contribution in [0.2, 0.25) is 0 Å². The second-order valence-electron chi connectivity index (χ2n) is 5.82. The smallest absolute Gasteiger partial charge is 0.261 e. The molecule has 0 saturated heterocycles. The largest absolute Gasteiger partial charge is 0.410 e. The third-order valence-electron chi connectivity index (χ3n) is 4.21. The second kappa shape index (κ2) is 5.96. The molecule has 0 atom stereocenters. The maximum Gasteiger partial charge on any atom is 0.261 e. The van der Waals surface area contributed by atoms with Crippen LogP contribution in [-0.2, 0) is 10.0 Å². The summed E-state index contributed by atoms with van der Waals surface area (Å²) in [6, 6.07) is 17.2. The standard InChI is InChI=1S/C19H13FN2O3S/c20-12-4-3-5-14(10-12)26(24,25)22-13-8-9-16-15-6-1-2-7-17(15)19(21-23)18(16)11-13/h1-11,22-23H. The van der Waals surface area contributed by atoms with Crippen molar-refractivity contribution < 1.29 is 18.0 Å². The van der Waals surface area contributed by atoms with Gasteiger partial charge in [0.2, 0.25) is 0 Å². The lowest BCUT2D eigenvalue weighted by atomic mass is 10.1. The first-order valence-electron chi connectivity index (χ1n) is 7.74. The Morgan fingerprint density at radius 3 is 2.31 bits per heavy atom. The van der Waals surface area contributed by atoms with Crippen LogP contribution in [0.3, 0.4) is 0 Å². The minimum Gasteiger partial charge on any atom is -0.410 e. The van der Waals surface area contributed by atoms with Gasteiger partial charge in [-0.1, -0.05) is 41.6 Å². The first kappa shape index (κ1) is 16.3. The molecule has 0 unspecified atom stereocenters.